The lowest BCUT2D eigenvalue weighted by atomic mass is 9.99. The Bertz CT molecular complexity index is 1430. The summed E-state index contributed by atoms with van der Waals surface area (Å²) in [6.45, 7) is 5.32. The SMILES string of the molecule is CCOc1ncccc1-c1ccc(N2CCN(C(=O)c3ccc(N)nc3C(F)(F)F)C[C@H]2CC)c(C(=O)NCCN)c1. The van der Waals surface area contributed by atoms with E-state index in [1.54, 1.807) is 18.3 Å². The molecular weight excluding hydrogens is 551 g/mol. The van der Waals surface area contributed by atoms with E-state index in [1.807, 2.05) is 36.9 Å². The van der Waals surface area contributed by atoms with Crippen molar-refractivity contribution in [2.75, 3.05) is 50.0 Å². The van der Waals surface area contributed by atoms with Gasteiger partial charge >= 0.3 is 6.18 Å². The smallest absolute Gasteiger partial charge is 0.434 e. The summed E-state index contributed by atoms with van der Waals surface area (Å²) in [6, 6.07) is 11.1. The van der Waals surface area contributed by atoms with Crippen LogP contribution in [0.3, 0.4) is 0 Å². The zero-order valence-corrected chi connectivity index (χ0v) is 23.4. The topological polar surface area (TPSA) is 140 Å². The summed E-state index contributed by atoms with van der Waals surface area (Å²) in [7, 11) is 0. The highest BCUT2D eigenvalue weighted by Gasteiger charge is 2.40. The van der Waals surface area contributed by atoms with Crippen molar-refractivity contribution in [1.29, 1.82) is 0 Å². The summed E-state index contributed by atoms with van der Waals surface area (Å²) in [6.07, 6.45) is -2.64. The molecule has 1 fully saturated rings. The normalized spacial score (nSPS) is 15.4. The number of nitrogens with two attached hydrogens (primary N) is 2. The first kappa shape index (κ1) is 30.6. The molecule has 1 aliphatic rings. The lowest BCUT2D eigenvalue weighted by Gasteiger charge is -2.43. The molecule has 3 aromatic rings. The number of ether oxygens (including phenoxy) is 1. The van der Waals surface area contributed by atoms with Gasteiger partial charge in [-0.15, -0.1) is 0 Å². The zero-order chi connectivity index (χ0) is 30.4. The van der Waals surface area contributed by atoms with E-state index in [4.69, 9.17) is 16.2 Å². The molecule has 224 valence electrons. The van der Waals surface area contributed by atoms with Crippen LogP contribution in [0.5, 0.6) is 5.88 Å². The van der Waals surface area contributed by atoms with Crippen molar-refractivity contribution in [3.63, 3.8) is 0 Å². The van der Waals surface area contributed by atoms with Gasteiger partial charge < -0.3 is 31.3 Å². The summed E-state index contributed by atoms with van der Waals surface area (Å²) >= 11 is 0. The van der Waals surface area contributed by atoms with Gasteiger partial charge in [-0.25, -0.2) is 9.97 Å². The number of hydrogen-bond donors (Lipinski definition) is 3. The van der Waals surface area contributed by atoms with Crippen molar-refractivity contribution < 1.29 is 27.5 Å². The predicted molar refractivity (Wildman–Crippen MR) is 153 cm³/mol. The minimum absolute atomic E-state index is 0.139. The molecule has 13 heteroatoms. The molecule has 3 heterocycles. The van der Waals surface area contributed by atoms with Gasteiger partial charge in [0.15, 0.2) is 5.69 Å². The Balaban J connectivity index is 1.67. The molecule has 4 rings (SSSR count). The molecule has 2 aromatic heterocycles. The van der Waals surface area contributed by atoms with E-state index in [0.29, 0.717) is 36.7 Å². The molecule has 0 aliphatic carbocycles. The zero-order valence-electron chi connectivity index (χ0n) is 23.4. The van der Waals surface area contributed by atoms with Gasteiger partial charge in [-0.05, 0) is 55.3 Å². The molecule has 0 bridgehead atoms. The molecule has 1 saturated heterocycles. The second kappa shape index (κ2) is 13.1. The fourth-order valence-electron chi connectivity index (χ4n) is 5.02. The largest absolute Gasteiger partial charge is 0.478 e. The van der Waals surface area contributed by atoms with Crippen LogP contribution in [0, 0.1) is 0 Å². The van der Waals surface area contributed by atoms with E-state index in [0.717, 1.165) is 17.2 Å². The van der Waals surface area contributed by atoms with Crippen LogP contribution in [0.25, 0.3) is 11.1 Å². The second-order valence-corrected chi connectivity index (χ2v) is 9.70. The number of pyridine rings is 2. The van der Waals surface area contributed by atoms with Crippen molar-refractivity contribution >= 4 is 23.3 Å². The summed E-state index contributed by atoms with van der Waals surface area (Å²) < 4.78 is 46.7. The second-order valence-electron chi connectivity index (χ2n) is 9.70. The standard InChI is InChI=1S/C29H34F3N7O3/c1-3-19-17-38(28(41)21-8-10-24(34)37-25(21)29(30,31)32)14-15-39(19)23-9-7-18(16-22(23)26(40)35-13-11-33)20-6-5-12-36-27(20)42-4-2/h5-10,12,16,19H,3-4,11,13-15,17,33H2,1-2H3,(H2,34,37)(H,35,40)/t19-/m1/s1. The molecule has 5 N–H and O–H groups in total. The van der Waals surface area contributed by atoms with E-state index in [2.05, 4.69) is 15.3 Å². The van der Waals surface area contributed by atoms with Gasteiger partial charge in [0.05, 0.1) is 17.7 Å². The van der Waals surface area contributed by atoms with Gasteiger partial charge in [-0.2, -0.15) is 13.2 Å². The molecule has 42 heavy (non-hydrogen) atoms. The molecule has 10 nitrogen and oxygen atoms in total. The van der Waals surface area contributed by atoms with Gasteiger partial charge in [-0.1, -0.05) is 13.0 Å². The number of carbonyl (C=O) groups excluding carboxylic acids is 2. The number of amides is 2. The van der Waals surface area contributed by atoms with Crippen LogP contribution in [0.15, 0.2) is 48.7 Å². The Hall–Kier alpha value is -4.39. The summed E-state index contributed by atoms with van der Waals surface area (Å²) in [4.78, 5) is 37.8. The summed E-state index contributed by atoms with van der Waals surface area (Å²) in [5, 5.41) is 2.83. The fraction of sp³-hybridized carbons (Fsp3) is 0.379. The number of hydrogen-bond acceptors (Lipinski definition) is 8. The molecule has 2 amide bonds. The van der Waals surface area contributed by atoms with Gasteiger partial charge in [0.2, 0.25) is 5.88 Å². The average Bonchev–Trinajstić information content (AvgIpc) is 2.99. The van der Waals surface area contributed by atoms with E-state index in [1.165, 1.54) is 11.0 Å². The van der Waals surface area contributed by atoms with Crippen LogP contribution < -0.4 is 26.4 Å². The Labute approximate surface area is 241 Å². The number of alkyl halides is 3. The number of rotatable bonds is 9. The molecule has 1 atom stereocenters. The van der Waals surface area contributed by atoms with Gasteiger partial charge in [0.25, 0.3) is 11.8 Å². The van der Waals surface area contributed by atoms with Gasteiger partial charge in [-0.3, -0.25) is 9.59 Å². The van der Waals surface area contributed by atoms with Crippen LogP contribution in [-0.4, -0.2) is 72.1 Å². The fourth-order valence-corrected chi connectivity index (χ4v) is 5.02. The van der Waals surface area contributed by atoms with Crippen molar-refractivity contribution in [1.82, 2.24) is 20.2 Å². The third kappa shape index (κ3) is 6.56. The highest BCUT2D eigenvalue weighted by Crippen LogP contribution is 2.35. The maximum absolute atomic E-state index is 13.7. The van der Waals surface area contributed by atoms with Crippen molar-refractivity contribution in [3.8, 4) is 17.0 Å². The number of carbonyl (C=O) groups is 2. The number of piperazine rings is 1. The first-order valence-corrected chi connectivity index (χ1v) is 13.7. The Morgan fingerprint density at radius 2 is 1.90 bits per heavy atom. The molecule has 0 unspecified atom stereocenters. The maximum Gasteiger partial charge on any atom is 0.434 e. The van der Waals surface area contributed by atoms with Gasteiger partial charge in [0, 0.05) is 56.2 Å². The molecule has 0 spiro atoms. The number of anilines is 2. The Morgan fingerprint density at radius 1 is 1.12 bits per heavy atom. The van der Waals surface area contributed by atoms with Crippen molar-refractivity contribution in [3.05, 3.63) is 65.5 Å². The molecule has 1 aliphatic heterocycles. The summed E-state index contributed by atoms with van der Waals surface area (Å²) in [5.41, 5.74) is 11.7. The first-order chi connectivity index (χ1) is 20.1. The highest BCUT2D eigenvalue weighted by atomic mass is 19.4. The quantitative estimate of drug-likeness (QED) is 0.346. The molecule has 0 radical (unpaired) electrons. The summed E-state index contributed by atoms with van der Waals surface area (Å²) in [5.74, 6) is -0.979. The molecule has 0 saturated carbocycles. The minimum atomic E-state index is -4.84. The maximum atomic E-state index is 13.7. The number of nitrogens with one attached hydrogen (secondary N) is 1. The third-order valence-corrected chi connectivity index (χ3v) is 7.00. The first-order valence-electron chi connectivity index (χ1n) is 13.7. The van der Waals surface area contributed by atoms with Crippen LogP contribution in [0.2, 0.25) is 0 Å². The minimum Gasteiger partial charge on any atom is -0.478 e. The molecule has 1 aromatic carbocycles. The third-order valence-electron chi connectivity index (χ3n) is 7.00. The van der Waals surface area contributed by atoms with E-state index < -0.39 is 23.3 Å². The lowest BCUT2D eigenvalue weighted by Crippen LogP contribution is -2.55. The predicted octanol–water partition coefficient (Wildman–Crippen LogP) is 3.57. The lowest BCUT2D eigenvalue weighted by molar-refractivity contribution is -0.141. The number of halogens is 3. The van der Waals surface area contributed by atoms with Crippen molar-refractivity contribution in [2.24, 2.45) is 5.73 Å². The van der Waals surface area contributed by atoms with E-state index in [9.17, 15) is 22.8 Å². The molecular formula is C29H34F3N7O3. The van der Waals surface area contributed by atoms with Crippen LogP contribution in [-0.2, 0) is 6.18 Å². The van der Waals surface area contributed by atoms with Gasteiger partial charge in [0.1, 0.15) is 5.82 Å². The Morgan fingerprint density at radius 3 is 2.60 bits per heavy atom. The van der Waals surface area contributed by atoms with Crippen LogP contribution >= 0.6 is 0 Å². The van der Waals surface area contributed by atoms with E-state index in [-0.39, 0.29) is 43.9 Å². The average molecular weight is 586 g/mol. The Kier molecular flexibility index (Phi) is 9.51. The monoisotopic (exact) mass is 585 g/mol. The van der Waals surface area contributed by atoms with Crippen LogP contribution in [0.1, 0.15) is 46.7 Å². The van der Waals surface area contributed by atoms with E-state index >= 15 is 0 Å². The number of nitrogen functional groups attached to an aromatic ring is 1. The van der Waals surface area contributed by atoms with Crippen LogP contribution in [0.4, 0.5) is 24.7 Å². The number of benzene rings is 1. The van der Waals surface area contributed by atoms with Crippen molar-refractivity contribution in [2.45, 2.75) is 32.5 Å². The number of nitrogens with zero attached hydrogens (tertiary/aromatic N) is 4. The number of aromatic nitrogens is 2. The highest BCUT2D eigenvalue weighted by molar-refractivity contribution is 6.01.